The third-order valence-electron chi connectivity index (χ3n) is 3.98. The predicted octanol–water partition coefficient (Wildman–Crippen LogP) is 2.09. The van der Waals surface area contributed by atoms with E-state index >= 15 is 0 Å². The molecule has 1 saturated heterocycles. The third-order valence-corrected chi connectivity index (χ3v) is 3.98. The number of pyridine rings is 1. The highest BCUT2D eigenvalue weighted by Crippen LogP contribution is 2.54. The minimum Gasteiger partial charge on any atom is -0.490 e. The molecule has 1 aliphatic carbocycles. The molecule has 7 heteroatoms. The van der Waals surface area contributed by atoms with Crippen molar-refractivity contribution >= 4 is 30.8 Å². The summed E-state index contributed by atoms with van der Waals surface area (Å²) in [5.41, 5.74) is 0.547. The van der Waals surface area contributed by atoms with E-state index in [-0.39, 0.29) is 35.9 Å². The maximum Gasteiger partial charge on any atom is 0.360 e. The fraction of sp³-hybridized carbons (Fsp3) is 0.571. The largest absolute Gasteiger partial charge is 0.490 e. The molecule has 0 bridgehead atoms. The molecule has 1 aromatic rings. The maximum absolute atomic E-state index is 11.8. The molecule has 0 aromatic carbocycles. The van der Waals surface area contributed by atoms with Gasteiger partial charge in [0.2, 0.25) is 0 Å². The minimum atomic E-state index is -0.424. The highest BCUT2D eigenvalue weighted by atomic mass is 35.5. The van der Waals surface area contributed by atoms with Crippen LogP contribution in [-0.4, -0.2) is 37.3 Å². The van der Waals surface area contributed by atoms with Crippen molar-refractivity contribution in [2.75, 3.05) is 26.3 Å². The summed E-state index contributed by atoms with van der Waals surface area (Å²) >= 11 is 0. The van der Waals surface area contributed by atoms with Crippen molar-refractivity contribution in [3.05, 3.63) is 24.0 Å². The van der Waals surface area contributed by atoms with E-state index in [0.717, 1.165) is 19.0 Å². The van der Waals surface area contributed by atoms with Crippen LogP contribution in [0, 0.1) is 11.3 Å². The number of nitrogens with zero attached hydrogens (tertiary/aromatic N) is 1. The number of hydrogen-bond acceptors (Lipinski definition) is 5. The Kier molecular flexibility index (Phi) is 6.25. The second-order valence-corrected chi connectivity index (χ2v) is 5.25. The van der Waals surface area contributed by atoms with Gasteiger partial charge in [-0.15, -0.1) is 24.8 Å². The molecule has 2 atom stereocenters. The van der Waals surface area contributed by atoms with Gasteiger partial charge in [-0.1, -0.05) is 0 Å². The number of fused-ring (bicyclic) bond motifs is 1. The van der Waals surface area contributed by atoms with Crippen LogP contribution >= 0.6 is 24.8 Å². The number of ether oxygens (including phenoxy) is 2. The number of nitrogens with one attached hydrogen (secondary N) is 1. The minimum absolute atomic E-state index is 0. The van der Waals surface area contributed by atoms with Crippen molar-refractivity contribution in [3.63, 3.8) is 0 Å². The van der Waals surface area contributed by atoms with Gasteiger partial charge in [0.15, 0.2) is 11.4 Å². The quantitative estimate of drug-likeness (QED) is 0.835. The summed E-state index contributed by atoms with van der Waals surface area (Å²) in [4.78, 5) is 15.8. The molecule has 0 radical (unpaired) electrons. The predicted molar refractivity (Wildman–Crippen MR) is 83.6 cm³/mol. The summed E-state index contributed by atoms with van der Waals surface area (Å²) in [5, 5.41) is 3.37. The first kappa shape index (κ1) is 18.0. The van der Waals surface area contributed by atoms with E-state index in [9.17, 15) is 4.79 Å². The van der Waals surface area contributed by atoms with Gasteiger partial charge in [0.25, 0.3) is 0 Å². The van der Waals surface area contributed by atoms with Gasteiger partial charge in [-0.3, -0.25) is 0 Å². The summed E-state index contributed by atoms with van der Waals surface area (Å²) in [5.74, 6) is 0.829. The van der Waals surface area contributed by atoms with Gasteiger partial charge in [0.05, 0.1) is 13.2 Å². The Morgan fingerprint density at radius 2 is 2.33 bits per heavy atom. The second kappa shape index (κ2) is 7.29. The summed E-state index contributed by atoms with van der Waals surface area (Å²) < 4.78 is 10.8. The summed E-state index contributed by atoms with van der Waals surface area (Å²) in [6.45, 7) is 4.85. The fourth-order valence-electron chi connectivity index (χ4n) is 2.74. The van der Waals surface area contributed by atoms with Crippen LogP contribution in [0.15, 0.2) is 18.3 Å². The lowest BCUT2D eigenvalue weighted by Gasteiger charge is -2.15. The zero-order chi connectivity index (χ0) is 13.3. The Bertz CT molecular complexity index is 501. The van der Waals surface area contributed by atoms with E-state index < -0.39 is 5.97 Å². The highest BCUT2D eigenvalue weighted by molar-refractivity contribution is 5.90. The monoisotopic (exact) mass is 334 g/mol. The molecule has 1 saturated carbocycles. The molecule has 1 aliphatic heterocycles. The van der Waals surface area contributed by atoms with Gasteiger partial charge in [-0.25, -0.2) is 9.78 Å². The van der Waals surface area contributed by atoms with E-state index in [4.69, 9.17) is 9.47 Å². The first-order chi connectivity index (χ1) is 9.25. The Labute approximate surface area is 136 Å². The van der Waals surface area contributed by atoms with Crippen LogP contribution in [0.2, 0.25) is 0 Å². The molecule has 2 fully saturated rings. The van der Waals surface area contributed by atoms with Crippen molar-refractivity contribution in [3.8, 4) is 5.75 Å². The van der Waals surface area contributed by atoms with Crippen molar-refractivity contribution in [2.24, 2.45) is 11.3 Å². The lowest BCUT2D eigenvalue weighted by Crippen LogP contribution is -2.22. The van der Waals surface area contributed by atoms with E-state index in [2.05, 4.69) is 10.3 Å². The first-order valence-electron chi connectivity index (χ1n) is 6.71. The Morgan fingerprint density at radius 1 is 1.52 bits per heavy atom. The zero-order valence-electron chi connectivity index (χ0n) is 11.8. The fourth-order valence-corrected chi connectivity index (χ4v) is 2.74. The van der Waals surface area contributed by atoms with Gasteiger partial charge in [-0.2, -0.15) is 0 Å². The molecule has 1 aromatic heterocycles. The molecule has 2 aliphatic rings. The average Bonchev–Trinajstić information content (AvgIpc) is 2.98. The number of hydrogen-bond donors (Lipinski definition) is 1. The van der Waals surface area contributed by atoms with Crippen LogP contribution in [0.3, 0.4) is 0 Å². The molecule has 0 spiro atoms. The summed E-state index contributed by atoms with van der Waals surface area (Å²) in [7, 11) is 0. The van der Waals surface area contributed by atoms with Gasteiger partial charge >= 0.3 is 5.97 Å². The molecular formula is C14H20Cl2N2O3. The van der Waals surface area contributed by atoms with Crippen LogP contribution in [0.25, 0.3) is 0 Å². The maximum atomic E-state index is 11.8. The summed E-state index contributed by atoms with van der Waals surface area (Å²) in [6, 6.07) is 3.54. The molecule has 118 valence electrons. The molecule has 21 heavy (non-hydrogen) atoms. The van der Waals surface area contributed by atoms with E-state index in [1.807, 2.05) is 0 Å². The van der Waals surface area contributed by atoms with Crippen molar-refractivity contribution in [1.29, 1.82) is 0 Å². The number of halogens is 2. The van der Waals surface area contributed by atoms with Crippen molar-refractivity contribution < 1.29 is 14.3 Å². The lowest BCUT2D eigenvalue weighted by atomic mass is 10.1. The SMILES string of the molecule is CCOC(=O)c1ncccc1OCC12CNCC1C2.Cl.Cl. The van der Waals surface area contributed by atoms with E-state index in [1.54, 1.807) is 25.3 Å². The number of piperidine rings is 1. The van der Waals surface area contributed by atoms with Crippen molar-refractivity contribution in [1.82, 2.24) is 10.3 Å². The Hall–Kier alpha value is -1.04. The van der Waals surface area contributed by atoms with E-state index in [0.29, 0.717) is 19.0 Å². The number of carbonyl (C=O) groups excluding carboxylic acids is 1. The van der Waals surface area contributed by atoms with Crippen LogP contribution < -0.4 is 10.1 Å². The summed E-state index contributed by atoms with van der Waals surface area (Å²) in [6.07, 6.45) is 2.80. The third kappa shape index (κ3) is 3.59. The van der Waals surface area contributed by atoms with Gasteiger partial charge in [-0.05, 0) is 37.9 Å². The molecule has 0 amide bonds. The number of esters is 1. The Morgan fingerprint density at radius 3 is 2.95 bits per heavy atom. The Balaban J connectivity index is 0.00000110. The van der Waals surface area contributed by atoms with Crippen LogP contribution in [0.1, 0.15) is 23.8 Å². The second-order valence-electron chi connectivity index (χ2n) is 5.25. The first-order valence-corrected chi connectivity index (χ1v) is 6.71. The van der Waals surface area contributed by atoms with Gasteiger partial charge < -0.3 is 14.8 Å². The molecule has 1 N–H and O–H groups in total. The average molecular weight is 335 g/mol. The smallest absolute Gasteiger partial charge is 0.360 e. The molecular weight excluding hydrogens is 315 g/mol. The number of carbonyl (C=O) groups is 1. The number of rotatable bonds is 5. The van der Waals surface area contributed by atoms with Crippen molar-refractivity contribution in [2.45, 2.75) is 13.3 Å². The zero-order valence-corrected chi connectivity index (χ0v) is 13.5. The standard InChI is InChI=1S/C14H18N2O3.2ClH/c1-2-18-13(17)12-11(4-3-5-16-12)19-9-14-6-10(14)7-15-8-14;;/h3-5,10,15H,2,6-9H2,1H3;2*1H. The van der Waals surface area contributed by atoms with E-state index in [1.165, 1.54) is 6.42 Å². The van der Waals surface area contributed by atoms with Crippen LogP contribution in [0.5, 0.6) is 5.75 Å². The molecule has 3 rings (SSSR count). The number of aromatic nitrogens is 1. The lowest BCUT2D eigenvalue weighted by molar-refractivity contribution is 0.0513. The topological polar surface area (TPSA) is 60.5 Å². The molecule has 2 heterocycles. The van der Waals surface area contributed by atoms with Gasteiger partial charge in [0.1, 0.15) is 0 Å². The molecule has 5 nitrogen and oxygen atoms in total. The van der Waals surface area contributed by atoms with Crippen LogP contribution in [0.4, 0.5) is 0 Å². The normalized spacial score (nSPS) is 25.1. The molecule has 2 unspecified atom stereocenters. The highest BCUT2D eigenvalue weighted by Gasteiger charge is 2.57. The van der Waals surface area contributed by atoms with Crippen LogP contribution in [-0.2, 0) is 4.74 Å². The van der Waals surface area contributed by atoms with Gasteiger partial charge in [0, 0.05) is 18.2 Å².